The third-order valence-corrected chi connectivity index (χ3v) is 3.88. The van der Waals surface area contributed by atoms with Crippen molar-refractivity contribution in [1.82, 2.24) is 15.5 Å². The van der Waals surface area contributed by atoms with E-state index in [2.05, 4.69) is 41.2 Å². The van der Waals surface area contributed by atoms with Gasteiger partial charge in [-0.1, -0.05) is 12.1 Å². The summed E-state index contributed by atoms with van der Waals surface area (Å²) in [6.07, 6.45) is 2.06. The summed E-state index contributed by atoms with van der Waals surface area (Å²) < 4.78 is 0. The Bertz CT molecular complexity index is 407. The van der Waals surface area contributed by atoms with E-state index >= 15 is 0 Å². The molecule has 0 bridgehead atoms. The summed E-state index contributed by atoms with van der Waals surface area (Å²) in [6, 6.07) is 8.54. The topological polar surface area (TPSA) is 44.4 Å². The van der Waals surface area contributed by atoms with Gasteiger partial charge in [-0.3, -0.25) is 0 Å². The molecule has 2 N–H and O–H groups in total. The Morgan fingerprint density at radius 1 is 1.44 bits per heavy atom. The molecule has 1 fully saturated rings. The number of rotatable bonds is 5. The van der Waals surface area contributed by atoms with E-state index in [4.69, 9.17) is 0 Å². The Kier molecular flexibility index (Phi) is 4.49. The standard InChI is InChI=1S/C13H19N3OS/c1-14-7-8-16-9-12(15-13(16)17)10-3-5-11(18-2)6-4-10/h3-6,12,14H,7-9H2,1-2H3,(H,15,17). The largest absolute Gasteiger partial charge is 0.329 e. The van der Waals surface area contributed by atoms with Crippen LogP contribution in [0, 0.1) is 0 Å². The Morgan fingerprint density at radius 2 is 2.17 bits per heavy atom. The molecule has 0 aromatic heterocycles. The molecule has 5 heteroatoms. The molecular formula is C13H19N3OS. The first-order valence-corrected chi connectivity index (χ1v) is 7.31. The first-order chi connectivity index (χ1) is 8.74. The number of carbonyl (C=O) groups is 1. The summed E-state index contributed by atoms with van der Waals surface area (Å²) in [7, 11) is 1.90. The SMILES string of the molecule is CNCCN1CC(c2ccc(SC)cc2)NC1=O. The fourth-order valence-corrected chi connectivity index (χ4v) is 2.46. The zero-order valence-corrected chi connectivity index (χ0v) is 11.6. The number of urea groups is 1. The van der Waals surface area contributed by atoms with Crippen molar-refractivity contribution in [2.75, 3.05) is 32.9 Å². The number of hydrogen-bond donors (Lipinski definition) is 2. The van der Waals surface area contributed by atoms with Crippen LogP contribution in [0.4, 0.5) is 4.79 Å². The summed E-state index contributed by atoms with van der Waals surface area (Å²) in [5.41, 5.74) is 1.17. The molecule has 0 spiro atoms. The smallest absolute Gasteiger partial charge is 0.318 e. The van der Waals surface area contributed by atoms with E-state index in [0.717, 1.165) is 19.6 Å². The van der Waals surface area contributed by atoms with Crippen LogP contribution in [0.2, 0.25) is 0 Å². The molecule has 1 saturated heterocycles. The summed E-state index contributed by atoms with van der Waals surface area (Å²) >= 11 is 1.73. The molecule has 1 aromatic rings. The van der Waals surface area contributed by atoms with Crippen LogP contribution in [0.5, 0.6) is 0 Å². The van der Waals surface area contributed by atoms with Gasteiger partial charge in [0.2, 0.25) is 0 Å². The number of benzene rings is 1. The van der Waals surface area contributed by atoms with Gasteiger partial charge in [-0.2, -0.15) is 0 Å². The van der Waals surface area contributed by atoms with Crippen LogP contribution in [0.25, 0.3) is 0 Å². The zero-order valence-electron chi connectivity index (χ0n) is 10.8. The summed E-state index contributed by atoms with van der Waals surface area (Å²) in [4.78, 5) is 14.9. The molecule has 1 aliphatic heterocycles. The van der Waals surface area contributed by atoms with Crippen molar-refractivity contribution in [3.05, 3.63) is 29.8 Å². The molecule has 1 aliphatic rings. The second-order valence-electron chi connectivity index (χ2n) is 4.32. The highest BCUT2D eigenvalue weighted by Crippen LogP contribution is 2.22. The van der Waals surface area contributed by atoms with Crippen molar-refractivity contribution in [3.63, 3.8) is 0 Å². The molecule has 0 saturated carbocycles. The number of amides is 2. The van der Waals surface area contributed by atoms with Crippen LogP contribution >= 0.6 is 11.8 Å². The first kappa shape index (κ1) is 13.2. The third-order valence-electron chi connectivity index (χ3n) is 3.14. The minimum absolute atomic E-state index is 0.0317. The van der Waals surface area contributed by atoms with Crippen LogP contribution in [0.3, 0.4) is 0 Å². The van der Waals surface area contributed by atoms with Gasteiger partial charge in [-0.25, -0.2) is 4.79 Å². The van der Waals surface area contributed by atoms with E-state index in [9.17, 15) is 4.79 Å². The highest BCUT2D eigenvalue weighted by Gasteiger charge is 2.28. The second-order valence-corrected chi connectivity index (χ2v) is 5.20. The third kappa shape index (κ3) is 2.97. The van der Waals surface area contributed by atoms with Crippen molar-refractivity contribution in [1.29, 1.82) is 0 Å². The molecule has 2 amide bonds. The molecule has 1 aromatic carbocycles. The van der Waals surface area contributed by atoms with Crippen molar-refractivity contribution in [2.24, 2.45) is 0 Å². The van der Waals surface area contributed by atoms with E-state index in [1.807, 2.05) is 11.9 Å². The van der Waals surface area contributed by atoms with E-state index in [1.54, 1.807) is 11.8 Å². The molecule has 4 nitrogen and oxygen atoms in total. The van der Waals surface area contributed by atoms with Gasteiger partial charge in [0.25, 0.3) is 0 Å². The molecule has 98 valence electrons. The van der Waals surface area contributed by atoms with Crippen molar-refractivity contribution in [3.8, 4) is 0 Å². The maximum Gasteiger partial charge on any atom is 0.318 e. The van der Waals surface area contributed by atoms with Gasteiger partial charge in [-0.15, -0.1) is 11.8 Å². The number of thioether (sulfide) groups is 1. The average molecular weight is 265 g/mol. The normalized spacial score (nSPS) is 19.1. The molecular weight excluding hydrogens is 246 g/mol. The van der Waals surface area contributed by atoms with E-state index in [-0.39, 0.29) is 12.1 Å². The van der Waals surface area contributed by atoms with Crippen LogP contribution in [-0.2, 0) is 0 Å². The monoisotopic (exact) mass is 265 g/mol. The quantitative estimate of drug-likeness (QED) is 0.796. The average Bonchev–Trinajstić information content (AvgIpc) is 2.78. The lowest BCUT2D eigenvalue weighted by molar-refractivity contribution is 0.218. The fourth-order valence-electron chi connectivity index (χ4n) is 2.05. The Labute approximate surface area is 112 Å². The van der Waals surface area contributed by atoms with Gasteiger partial charge in [0.1, 0.15) is 0 Å². The van der Waals surface area contributed by atoms with E-state index in [0.29, 0.717) is 0 Å². The molecule has 2 rings (SSSR count). The predicted octanol–water partition coefficient (Wildman–Crippen LogP) is 1.69. The minimum atomic E-state index is 0.0317. The molecule has 1 atom stereocenters. The molecule has 0 radical (unpaired) electrons. The van der Waals surface area contributed by atoms with Gasteiger partial charge < -0.3 is 15.5 Å². The van der Waals surface area contributed by atoms with Gasteiger partial charge in [-0.05, 0) is 31.0 Å². The molecule has 1 heterocycles. The lowest BCUT2D eigenvalue weighted by Gasteiger charge is -2.14. The number of hydrogen-bond acceptors (Lipinski definition) is 3. The maximum absolute atomic E-state index is 11.8. The minimum Gasteiger partial charge on any atom is -0.329 e. The molecule has 18 heavy (non-hydrogen) atoms. The van der Waals surface area contributed by atoms with Crippen LogP contribution in [-0.4, -0.2) is 43.9 Å². The zero-order chi connectivity index (χ0) is 13.0. The van der Waals surface area contributed by atoms with Gasteiger partial charge >= 0.3 is 6.03 Å². The first-order valence-electron chi connectivity index (χ1n) is 6.08. The van der Waals surface area contributed by atoms with Gasteiger partial charge in [0, 0.05) is 24.5 Å². The number of likely N-dealkylation sites (N-methyl/N-ethyl adjacent to an activating group) is 1. The maximum atomic E-state index is 11.8. The van der Waals surface area contributed by atoms with E-state index in [1.165, 1.54) is 10.5 Å². The summed E-state index contributed by atoms with van der Waals surface area (Å²) in [5.74, 6) is 0. The van der Waals surface area contributed by atoms with Gasteiger partial charge in [0.05, 0.1) is 6.04 Å². The van der Waals surface area contributed by atoms with Crippen LogP contribution in [0.1, 0.15) is 11.6 Å². The molecule has 0 aliphatic carbocycles. The Hall–Kier alpha value is -1.20. The highest BCUT2D eigenvalue weighted by molar-refractivity contribution is 7.98. The second kappa shape index (κ2) is 6.11. The summed E-state index contributed by atoms with van der Waals surface area (Å²) in [6.45, 7) is 2.33. The van der Waals surface area contributed by atoms with Gasteiger partial charge in [0.15, 0.2) is 0 Å². The highest BCUT2D eigenvalue weighted by atomic mass is 32.2. The van der Waals surface area contributed by atoms with Crippen molar-refractivity contribution < 1.29 is 4.79 Å². The summed E-state index contributed by atoms with van der Waals surface area (Å²) in [5, 5.41) is 6.08. The number of carbonyl (C=O) groups excluding carboxylic acids is 1. The lowest BCUT2D eigenvalue weighted by Crippen LogP contribution is -2.33. The fraction of sp³-hybridized carbons (Fsp3) is 0.462. The van der Waals surface area contributed by atoms with Crippen LogP contribution in [0.15, 0.2) is 29.2 Å². The molecule has 1 unspecified atom stereocenters. The van der Waals surface area contributed by atoms with Crippen LogP contribution < -0.4 is 10.6 Å². The number of nitrogens with one attached hydrogen (secondary N) is 2. The van der Waals surface area contributed by atoms with Crippen molar-refractivity contribution in [2.45, 2.75) is 10.9 Å². The van der Waals surface area contributed by atoms with Crippen molar-refractivity contribution >= 4 is 17.8 Å². The predicted molar refractivity (Wildman–Crippen MR) is 75.0 cm³/mol. The number of nitrogens with zero attached hydrogens (tertiary/aromatic N) is 1. The lowest BCUT2D eigenvalue weighted by atomic mass is 10.1. The Morgan fingerprint density at radius 3 is 2.78 bits per heavy atom. The van der Waals surface area contributed by atoms with E-state index < -0.39 is 0 Å². The Balaban J connectivity index is 2.00.